The Balaban J connectivity index is 1.91. The van der Waals surface area contributed by atoms with Gasteiger partial charge in [0.15, 0.2) is 5.75 Å². The lowest BCUT2D eigenvalue weighted by Gasteiger charge is -2.22. The van der Waals surface area contributed by atoms with Gasteiger partial charge in [0.1, 0.15) is 0 Å². The summed E-state index contributed by atoms with van der Waals surface area (Å²) < 4.78 is 20.8. The molecule has 0 amide bonds. The van der Waals surface area contributed by atoms with Gasteiger partial charge in [-0.2, -0.15) is 0 Å². The van der Waals surface area contributed by atoms with Gasteiger partial charge in [-0.25, -0.2) is 4.57 Å². The van der Waals surface area contributed by atoms with Crippen LogP contribution in [-0.4, -0.2) is 12.0 Å². The summed E-state index contributed by atoms with van der Waals surface area (Å²) in [5, 5.41) is 0. The lowest BCUT2D eigenvalue weighted by molar-refractivity contribution is -0.127. The smallest absolute Gasteiger partial charge is 0.327 e. The molecule has 1 aromatic carbocycles. The molecule has 5 nitrogen and oxygen atoms in total. The van der Waals surface area contributed by atoms with Crippen LogP contribution in [0.4, 0.5) is 0 Å². The zero-order chi connectivity index (χ0) is 16.6. The second-order valence-electron chi connectivity index (χ2n) is 6.83. The summed E-state index contributed by atoms with van der Waals surface area (Å²) >= 11 is 0. The van der Waals surface area contributed by atoms with Crippen molar-refractivity contribution in [2.75, 3.05) is 7.11 Å². The number of phosphoric acid groups is 1. The summed E-state index contributed by atoms with van der Waals surface area (Å²) in [6, 6.07) is 6.10. The molecule has 0 bridgehead atoms. The van der Waals surface area contributed by atoms with Crippen LogP contribution in [-0.2, 0) is 13.8 Å². The molecule has 2 saturated carbocycles. The first-order chi connectivity index (χ1) is 10.9. The fourth-order valence-corrected chi connectivity index (χ4v) is 3.43. The zero-order valence-electron chi connectivity index (χ0n) is 13.9. The van der Waals surface area contributed by atoms with E-state index in [1.807, 2.05) is 18.2 Å². The van der Waals surface area contributed by atoms with E-state index < -0.39 is 7.82 Å². The van der Waals surface area contributed by atoms with E-state index in [0.717, 1.165) is 18.2 Å². The molecule has 0 aromatic heterocycles. The second-order valence-corrected chi connectivity index (χ2v) is 8.28. The van der Waals surface area contributed by atoms with E-state index >= 15 is 0 Å². The molecule has 128 valence electrons. The minimum absolute atomic E-state index is 0.348. The van der Waals surface area contributed by atoms with Crippen molar-refractivity contribution in [2.24, 2.45) is 11.8 Å². The van der Waals surface area contributed by atoms with E-state index in [0.29, 0.717) is 29.4 Å². The highest BCUT2D eigenvalue weighted by molar-refractivity contribution is 7.47. The highest BCUT2D eigenvalue weighted by Crippen LogP contribution is 2.51. The monoisotopic (exact) mass is 340 g/mol. The van der Waals surface area contributed by atoms with E-state index in [1.54, 1.807) is 0 Å². The predicted octanol–water partition coefficient (Wildman–Crippen LogP) is 4.77. The van der Waals surface area contributed by atoms with Crippen LogP contribution in [0, 0.1) is 11.8 Å². The van der Waals surface area contributed by atoms with Gasteiger partial charge in [0.05, 0.1) is 0 Å². The maximum Gasteiger partial charge on any atom is 0.508 e. The van der Waals surface area contributed by atoms with Crippen molar-refractivity contribution in [1.82, 2.24) is 0 Å². The molecule has 0 spiro atoms. The highest BCUT2D eigenvalue weighted by atomic mass is 31.2. The van der Waals surface area contributed by atoms with Crippen LogP contribution in [0.15, 0.2) is 18.2 Å². The van der Waals surface area contributed by atoms with Crippen LogP contribution in [0.5, 0.6) is 5.75 Å². The molecule has 2 aliphatic rings. The van der Waals surface area contributed by atoms with E-state index in [-0.39, 0.29) is 0 Å². The first-order valence-electron chi connectivity index (χ1n) is 8.30. The average Bonchev–Trinajstić information content (AvgIpc) is 3.41. The maximum atomic E-state index is 11.6. The lowest BCUT2D eigenvalue weighted by Crippen LogP contribution is -2.08. The van der Waals surface area contributed by atoms with E-state index in [2.05, 4.69) is 18.4 Å². The summed E-state index contributed by atoms with van der Waals surface area (Å²) in [5.74, 6) is 2.61. The number of para-hydroxylation sites is 1. The molecule has 1 aromatic rings. The quantitative estimate of drug-likeness (QED) is 0.419. The summed E-state index contributed by atoms with van der Waals surface area (Å²) in [6.45, 7) is 4.36. The number of rotatable bonds is 8. The van der Waals surface area contributed by atoms with Crippen molar-refractivity contribution >= 4 is 7.82 Å². The van der Waals surface area contributed by atoms with Gasteiger partial charge >= 0.3 is 7.82 Å². The average molecular weight is 340 g/mol. The molecule has 6 heteroatoms. The maximum absolute atomic E-state index is 11.6. The Morgan fingerprint density at radius 2 is 1.57 bits per heavy atom. The molecule has 2 fully saturated rings. The van der Waals surface area contributed by atoms with E-state index in [4.69, 9.17) is 9.56 Å². The molecule has 0 aliphatic heterocycles. The first kappa shape index (κ1) is 17.0. The molecular formula is C17H25O5P. The third-order valence-corrected chi connectivity index (χ3v) is 5.89. The minimum atomic E-state index is -4.18. The van der Waals surface area contributed by atoms with Crippen LogP contribution < -0.4 is 4.89 Å². The van der Waals surface area contributed by atoms with Gasteiger partial charge in [-0.05, 0) is 49.4 Å². The van der Waals surface area contributed by atoms with Gasteiger partial charge in [-0.15, -0.1) is 0 Å². The topological polar surface area (TPSA) is 65.0 Å². The molecule has 3 rings (SSSR count). The summed E-state index contributed by atoms with van der Waals surface area (Å²) in [6.07, 6.45) is 4.89. The molecule has 23 heavy (non-hydrogen) atoms. The molecule has 1 unspecified atom stereocenters. The summed E-state index contributed by atoms with van der Waals surface area (Å²) in [4.78, 5) is 14.9. The Morgan fingerprint density at radius 3 is 1.96 bits per heavy atom. The SMILES string of the molecule is COP(=O)(O)OOc1c([C@H](C)C2CC2)cccc1[C@H](C)C1CC1. The first-order valence-corrected chi connectivity index (χ1v) is 9.80. The summed E-state index contributed by atoms with van der Waals surface area (Å²) in [7, 11) is -3.06. The molecule has 3 atom stereocenters. The van der Waals surface area contributed by atoms with Crippen LogP contribution in [0.3, 0.4) is 0 Å². The van der Waals surface area contributed by atoms with Crippen LogP contribution in [0.2, 0.25) is 0 Å². The summed E-state index contributed by atoms with van der Waals surface area (Å²) in [5.41, 5.74) is 2.10. The van der Waals surface area contributed by atoms with E-state index in [1.165, 1.54) is 25.7 Å². The van der Waals surface area contributed by atoms with E-state index in [9.17, 15) is 9.46 Å². The van der Waals surface area contributed by atoms with Crippen LogP contribution in [0.1, 0.15) is 62.5 Å². The van der Waals surface area contributed by atoms with Gasteiger partial charge in [0, 0.05) is 18.2 Å². The van der Waals surface area contributed by atoms with Gasteiger partial charge < -0.3 is 9.78 Å². The Bertz CT molecular complexity index is 573. The number of phosphoric ester groups is 1. The Hall–Kier alpha value is -0.870. The van der Waals surface area contributed by atoms with Crippen molar-refractivity contribution in [1.29, 1.82) is 0 Å². The van der Waals surface area contributed by atoms with Crippen molar-refractivity contribution in [3.8, 4) is 5.75 Å². The van der Waals surface area contributed by atoms with Crippen LogP contribution >= 0.6 is 7.82 Å². The predicted molar refractivity (Wildman–Crippen MR) is 87.3 cm³/mol. The molecule has 0 heterocycles. The molecular weight excluding hydrogens is 315 g/mol. The second kappa shape index (κ2) is 6.56. The van der Waals surface area contributed by atoms with Gasteiger partial charge in [-0.1, -0.05) is 36.7 Å². The lowest BCUT2D eigenvalue weighted by atomic mass is 9.88. The number of hydrogen-bond acceptors (Lipinski definition) is 4. The normalized spacial score (nSPS) is 23.1. The molecule has 0 radical (unpaired) electrons. The standard InChI is InChI=1S/C17H25O5P/c1-11(13-7-8-13)15-5-4-6-16(12(2)14-9-10-14)17(15)21-22-23(18,19)20-3/h4-6,11-14H,7-10H2,1-3H3,(H,18,19)/t11-,12-/m1/s1. The fraction of sp³-hybridized carbons (Fsp3) is 0.647. The fourth-order valence-electron chi connectivity index (χ4n) is 3.20. The molecule has 1 N–H and O–H groups in total. The van der Waals surface area contributed by atoms with Gasteiger partial charge in [-0.3, -0.25) is 4.52 Å². The minimum Gasteiger partial charge on any atom is -0.327 e. The number of hydrogen-bond donors (Lipinski definition) is 1. The largest absolute Gasteiger partial charge is 0.508 e. The highest BCUT2D eigenvalue weighted by Gasteiger charge is 2.36. The Morgan fingerprint density at radius 1 is 1.09 bits per heavy atom. The van der Waals surface area contributed by atoms with Crippen molar-refractivity contribution in [2.45, 2.75) is 51.4 Å². The van der Waals surface area contributed by atoms with Crippen molar-refractivity contribution < 1.29 is 23.5 Å². The van der Waals surface area contributed by atoms with Gasteiger partial charge in [0.25, 0.3) is 0 Å². The number of benzene rings is 1. The third kappa shape index (κ3) is 3.97. The Kier molecular flexibility index (Phi) is 4.84. The van der Waals surface area contributed by atoms with Crippen LogP contribution in [0.25, 0.3) is 0 Å². The Labute approximate surface area is 137 Å². The molecule has 0 saturated heterocycles. The van der Waals surface area contributed by atoms with Gasteiger partial charge in [0.2, 0.25) is 0 Å². The van der Waals surface area contributed by atoms with Crippen molar-refractivity contribution in [3.05, 3.63) is 29.3 Å². The zero-order valence-corrected chi connectivity index (χ0v) is 14.8. The third-order valence-electron chi connectivity index (χ3n) is 5.16. The van der Waals surface area contributed by atoms with Crippen molar-refractivity contribution in [3.63, 3.8) is 0 Å². The molecule has 2 aliphatic carbocycles.